The summed E-state index contributed by atoms with van der Waals surface area (Å²) in [5, 5.41) is 17.9. The summed E-state index contributed by atoms with van der Waals surface area (Å²) < 4.78 is 2.33. The molecule has 0 amide bonds. The van der Waals surface area contributed by atoms with Gasteiger partial charge in [-0.15, -0.1) is 0 Å². The minimum absolute atomic E-state index is 0.647. The molecule has 0 saturated carbocycles. The van der Waals surface area contributed by atoms with E-state index in [2.05, 4.69) is 199 Å². The monoisotopic (exact) mass is 672 g/mol. The number of aromatic nitrogens is 1. The van der Waals surface area contributed by atoms with Gasteiger partial charge in [0, 0.05) is 21.9 Å². The summed E-state index contributed by atoms with van der Waals surface area (Å²) in [5.41, 5.74) is 12.9. The molecule has 0 aliphatic heterocycles. The third-order valence-corrected chi connectivity index (χ3v) is 10.7. The predicted octanol–water partition coefficient (Wildman–Crippen LogP) is 13.6. The Balaban J connectivity index is 1.08. The zero-order valence-corrected chi connectivity index (χ0v) is 28.9. The molecule has 2 heteroatoms. The second-order valence-corrected chi connectivity index (χ2v) is 13.5. The van der Waals surface area contributed by atoms with Gasteiger partial charge in [0.05, 0.1) is 28.4 Å². The predicted molar refractivity (Wildman–Crippen MR) is 222 cm³/mol. The number of nitrogens with zero attached hydrogens (tertiary/aromatic N) is 2. The van der Waals surface area contributed by atoms with Crippen LogP contribution in [0.3, 0.4) is 0 Å². The highest BCUT2D eigenvalue weighted by Crippen LogP contribution is 2.44. The normalized spacial score (nSPS) is 11.4. The molecule has 0 spiro atoms. The molecular weight excluding hydrogens is 641 g/mol. The van der Waals surface area contributed by atoms with Crippen molar-refractivity contribution in [1.82, 2.24) is 4.57 Å². The quantitative estimate of drug-likeness (QED) is 0.167. The summed E-state index contributed by atoms with van der Waals surface area (Å²) in [4.78, 5) is 0. The fourth-order valence-corrected chi connectivity index (χ4v) is 8.31. The molecule has 10 aromatic rings. The average Bonchev–Trinajstić information content (AvgIpc) is 3.57. The first-order valence-electron chi connectivity index (χ1n) is 18.0. The zero-order valence-electron chi connectivity index (χ0n) is 28.9. The van der Waals surface area contributed by atoms with Gasteiger partial charge in [-0.25, -0.2) is 0 Å². The van der Waals surface area contributed by atoms with Crippen LogP contribution >= 0.6 is 0 Å². The van der Waals surface area contributed by atoms with E-state index in [0.29, 0.717) is 5.56 Å². The van der Waals surface area contributed by atoms with Crippen LogP contribution in [0.25, 0.3) is 93.5 Å². The van der Waals surface area contributed by atoms with Crippen molar-refractivity contribution >= 4 is 43.4 Å². The Morgan fingerprint density at radius 3 is 1.34 bits per heavy atom. The van der Waals surface area contributed by atoms with Crippen LogP contribution in [0.1, 0.15) is 5.56 Å². The Kier molecular flexibility index (Phi) is 7.23. The second-order valence-electron chi connectivity index (χ2n) is 13.5. The van der Waals surface area contributed by atoms with Gasteiger partial charge in [-0.1, -0.05) is 170 Å². The standard InChI is InChI=1S/C51H32N2/c52-33-38-32-37(30-31-39(38)40-16-8-11-23-47(40)53-48-24-12-9-17-41(48)42-18-10-13-25-49(42)53)34-26-28-36(29-27-34)51-45-21-6-4-19-43(45)50(35-14-2-1-3-15-35)44-20-5-7-22-46(44)51/h1-32H. The van der Waals surface area contributed by atoms with E-state index in [1.165, 1.54) is 49.0 Å². The van der Waals surface area contributed by atoms with Crippen LogP contribution in [0.15, 0.2) is 194 Å². The van der Waals surface area contributed by atoms with Gasteiger partial charge in [-0.3, -0.25) is 0 Å². The van der Waals surface area contributed by atoms with Gasteiger partial charge < -0.3 is 4.57 Å². The summed E-state index contributed by atoms with van der Waals surface area (Å²) in [6, 6.07) is 71.3. The molecule has 0 atom stereocenters. The average molecular weight is 673 g/mol. The Bertz CT molecular complexity index is 2940. The van der Waals surface area contributed by atoms with Crippen LogP contribution in [-0.2, 0) is 0 Å². The third-order valence-electron chi connectivity index (χ3n) is 10.7. The zero-order chi connectivity index (χ0) is 35.3. The number of rotatable bonds is 5. The van der Waals surface area contributed by atoms with Crippen molar-refractivity contribution in [3.05, 3.63) is 200 Å². The van der Waals surface area contributed by atoms with Gasteiger partial charge in [-0.2, -0.15) is 5.26 Å². The van der Waals surface area contributed by atoms with E-state index in [-0.39, 0.29) is 0 Å². The molecule has 10 rings (SSSR count). The first-order valence-corrected chi connectivity index (χ1v) is 18.0. The molecule has 0 unspecified atom stereocenters. The van der Waals surface area contributed by atoms with Gasteiger partial charge in [0.1, 0.15) is 0 Å². The molecule has 0 fully saturated rings. The van der Waals surface area contributed by atoms with Crippen LogP contribution in [-0.4, -0.2) is 4.57 Å². The molecule has 1 aromatic heterocycles. The highest BCUT2D eigenvalue weighted by Gasteiger charge is 2.19. The van der Waals surface area contributed by atoms with E-state index in [0.717, 1.165) is 44.5 Å². The Labute approximate surface area is 308 Å². The van der Waals surface area contributed by atoms with Gasteiger partial charge >= 0.3 is 0 Å². The molecule has 0 N–H and O–H groups in total. The number of hydrogen-bond donors (Lipinski definition) is 0. The molecule has 0 aliphatic carbocycles. The molecule has 0 aliphatic rings. The Hall–Kier alpha value is -7.21. The van der Waals surface area contributed by atoms with Crippen molar-refractivity contribution in [2.75, 3.05) is 0 Å². The largest absolute Gasteiger partial charge is 0.309 e. The summed E-state index contributed by atoms with van der Waals surface area (Å²) >= 11 is 0. The lowest BCUT2D eigenvalue weighted by Crippen LogP contribution is -1.98. The molecule has 1 heterocycles. The molecule has 246 valence electrons. The number of nitriles is 1. The minimum atomic E-state index is 0.647. The molecule has 9 aromatic carbocycles. The lowest BCUT2D eigenvalue weighted by atomic mass is 9.85. The lowest BCUT2D eigenvalue weighted by Gasteiger charge is -2.18. The van der Waals surface area contributed by atoms with Gasteiger partial charge in [0.15, 0.2) is 0 Å². The molecule has 53 heavy (non-hydrogen) atoms. The second kappa shape index (κ2) is 12.5. The summed E-state index contributed by atoms with van der Waals surface area (Å²) in [6.45, 7) is 0. The van der Waals surface area contributed by atoms with Crippen molar-refractivity contribution in [2.24, 2.45) is 0 Å². The van der Waals surface area contributed by atoms with E-state index in [1.54, 1.807) is 0 Å². The number of para-hydroxylation sites is 3. The topological polar surface area (TPSA) is 28.7 Å². The molecule has 0 bridgehead atoms. The van der Waals surface area contributed by atoms with Crippen molar-refractivity contribution in [1.29, 1.82) is 5.26 Å². The van der Waals surface area contributed by atoms with E-state index >= 15 is 0 Å². The van der Waals surface area contributed by atoms with Crippen LogP contribution in [0.2, 0.25) is 0 Å². The Morgan fingerprint density at radius 2 is 0.774 bits per heavy atom. The first kappa shape index (κ1) is 30.6. The third kappa shape index (κ3) is 4.94. The van der Waals surface area contributed by atoms with Crippen LogP contribution in [0.5, 0.6) is 0 Å². The highest BCUT2D eigenvalue weighted by molar-refractivity contribution is 6.21. The molecular formula is C51H32N2. The van der Waals surface area contributed by atoms with E-state index in [1.807, 2.05) is 6.07 Å². The van der Waals surface area contributed by atoms with Gasteiger partial charge in [0.2, 0.25) is 0 Å². The molecule has 2 nitrogen and oxygen atoms in total. The lowest BCUT2D eigenvalue weighted by molar-refractivity contribution is 1.18. The maximum absolute atomic E-state index is 10.6. The summed E-state index contributed by atoms with van der Waals surface area (Å²) in [7, 11) is 0. The smallest absolute Gasteiger partial charge is 0.0998 e. The fraction of sp³-hybridized carbons (Fsp3) is 0. The summed E-state index contributed by atoms with van der Waals surface area (Å²) in [6.07, 6.45) is 0. The summed E-state index contributed by atoms with van der Waals surface area (Å²) in [5.74, 6) is 0. The number of fused-ring (bicyclic) bond motifs is 5. The highest BCUT2D eigenvalue weighted by atomic mass is 15.0. The van der Waals surface area contributed by atoms with Gasteiger partial charge in [-0.05, 0) is 79.2 Å². The van der Waals surface area contributed by atoms with Crippen molar-refractivity contribution in [3.63, 3.8) is 0 Å². The maximum Gasteiger partial charge on any atom is 0.0998 e. The minimum Gasteiger partial charge on any atom is -0.309 e. The molecule has 0 radical (unpaired) electrons. The number of benzene rings is 9. The van der Waals surface area contributed by atoms with Crippen LogP contribution < -0.4 is 0 Å². The fourth-order valence-electron chi connectivity index (χ4n) is 8.31. The number of hydrogen-bond acceptors (Lipinski definition) is 1. The van der Waals surface area contributed by atoms with Crippen LogP contribution in [0, 0.1) is 11.3 Å². The van der Waals surface area contributed by atoms with Crippen molar-refractivity contribution in [3.8, 4) is 56.3 Å². The Morgan fingerprint density at radius 1 is 0.340 bits per heavy atom. The van der Waals surface area contributed by atoms with Crippen LogP contribution in [0.4, 0.5) is 0 Å². The molecule has 0 saturated heterocycles. The van der Waals surface area contributed by atoms with E-state index < -0.39 is 0 Å². The van der Waals surface area contributed by atoms with E-state index in [9.17, 15) is 5.26 Å². The SMILES string of the molecule is N#Cc1cc(-c2ccc(-c3c4ccccc4c(-c4ccccc4)c4ccccc34)cc2)ccc1-c1ccccc1-n1c2ccccc2c2ccccc21. The first-order chi connectivity index (χ1) is 26.3. The maximum atomic E-state index is 10.6. The van der Waals surface area contributed by atoms with Crippen molar-refractivity contribution in [2.45, 2.75) is 0 Å². The van der Waals surface area contributed by atoms with Gasteiger partial charge in [0.25, 0.3) is 0 Å². The van der Waals surface area contributed by atoms with Crippen molar-refractivity contribution < 1.29 is 0 Å². The van der Waals surface area contributed by atoms with E-state index in [4.69, 9.17) is 0 Å².